The van der Waals surface area contributed by atoms with Gasteiger partial charge < -0.3 is 9.15 Å². The third-order valence-corrected chi connectivity index (χ3v) is 6.70. The second-order valence-electron chi connectivity index (χ2n) is 4.80. The molecule has 0 unspecified atom stereocenters. The Morgan fingerprint density at radius 1 is 1.19 bits per heavy atom. The Morgan fingerprint density at radius 2 is 2.05 bits per heavy atom. The van der Waals surface area contributed by atoms with Crippen LogP contribution in [-0.2, 0) is 4.08 Å². The summed E-state index contributed by atoms with van der Waals surface area (Å²) in [7, 11) is 1.71. The number of methoxy groups -OCH3 is 1. The molecule has 1 aliphatic rings. The lowest BCUT2D eigenvalue weighted by Gasteiger charge is -2.34. The van der Waals surface area contributed by atoms with Crippen molar-refractivity contribution >= 4 is 29.6 Å². The molecular formula is C17H18O2S2. The van der Waals surface area contributed by atoms with Crippen molar-refractivity contribution in [3.05, 3.63) is 60.1 Å². The zero-order chi connectivity index (χ0) is 14.5. The monoisotopic (exact) mass is 318 g/mol. The van der Waals surface area contributed by atoms with Crippen LogP contribution in [0.2, 0.25) is 0 Å². The topological polar surface area (TPSA) is 22.4 Å². The van der Waals surface area contributed by atoms with E-state index in [1.165, 1.54) is 23.5 Å². The van der Waals surface area contributed by atoms with Gasteiger partial charge in [0.1, 0.15) is 15.6 Å². The number of hydrogen-bond acceptors (Lipinski definition) is 4. The third-order valence-electron chi connectivity index (χ3n) is 3.40. The molecular weight excluding hydrogens is 300 g/mol. The summed E-state index contributed by atoms with van der Waals surface area (Å²) in [5.74, 6) is 4.15. The van der Waals surface area contributed by atoms with E-state index >= 15 is 0 Å². The summed E-state index contributed by atoms with van der Waals surface area (Å²) < 4.78 is 10.7. The van der Waals surface area contributed by atoms with Crippen molar-refractivity contribution in [1.82, 2.24) is 0 Å². The number of ether oxygens (including phenoxy) is 1. The Morgan fingerprint density at radius 3 is 2.76 bits per heavy atom. The molecule has 4 heteroatoms. The molecule has 3 rings (SSSR count). The molecule has 1 fully saturated rings. The highest BCUT2D eigenvalue weighted by atomic mass is 32.2. The van der Waals surface area contributed by atoms with Gasteiger partial charge in [-0.15, -0.1) is 23.5 Å². The Kier molecular flexibility index (Phi) is 4.66. The number of hydrogen-bond donors (Lipinski definition) is 0. The molecule has 1 aliphatic heterocycles. The fourth-order valence-corrected chi connectivity index (χ4v) is 5.44. The van der Waals surface area contributed by atoms with Gasteiger partial charge >= 0.3 is 0 Å². The highest BCUT2D eigenvalue weighted by molar-refractivity contribution is 8.18. The summed E-state index contributed by atoms with van der Waals surface area (Å²) in [4.78, 5) is 0. The molecule has 0 N–H and O–H groups in total. The quantitative estimate of drug-likeness (QED) is 0.789. The largest absolute Gasteiger partial charge is 0.497 e. The normalized spacial score (nSPS) is 18.0. The van der Waals surface area contributed by atoms with E-state index in [0.717, 1.165) is 11.5 Å². The number of benzene rings is 1. The maximum Gasteiger partial charge on any atom is 0.126 e. The van der Waals surface area contributed by atoms with Crippen molar-refractivity contribution in [1.29, 1.82) is 0 Å². The van der Waals surface area contributed by atoms with Crippen LogP contribution < -0.4 is 4.74 Å². The molecule has 1 aromatic heterocycles. The summed E-state index contributed by atoms with van der Waals surface area (Å²) in [5.41, 5.74) is 1.28. The van der Waals surface area contributed by atoms with Crippen molar-refractivity contribution in [2.75, 3.05) is 18.6 Å². The van der Waals surface area contributed by atoms with Crippen molar-refractivity contribution < 1.29 is 9.15 Å². The van der Waals surface area contributed by atoms with E-state index < -0.39 is 0 Å². The lowest BCUT2D eigenvalue weighted by atomic mass is 10.1. The molecule has 1 saturated heterocycles. The first-order chi connectivity index (χ1) is 10.3. The predicted molar refractivity (Wildman–Crippen MR) is 91.9 cm³/mol. The van der Waals surface area contributed by atoms with Gasteiger partial charge in [-0.2, -0.15) is 0 Å². The molecule has 0 radical (unpaired) electrons. The van der Waals surface area contributed by atoms with Gasteiger partial charge in [0.25, 0.3) is 0 Å². The van der Waals surface area contributed by atoms with Crippen molar-refractivity contribution in [2.24, 2.45) is 0 Å². The molecule has 2 nitrogen and oxygen atoms in total. The van der Waals surface area contributed by atoms with Crippen LogP contribution in [0.5, 0.6) is 5.75 Å². The lowest BCUT2D eigenvalue weighted by molar-refractivity contribution is 0.414. The second kappa shape index (κ2) is 6.67. The highest BCUT2D eigenvalue weighted by Crippen LogP contribution is 2.52. The van der Waals surface area contributed by atoms with Crippen molar-refractivity contribution in [3.8, 4) is 5.75 Å². The Balaban J connectivity index is 1.95. The zero-order valence-electron chi connectivity index (χ0n) is 12.0. The number of furan rings is 1. The van der Waals surface area contributed by atoms with E-state index in [2.05, 4.69) is 30.4 Å². The summed E-state index contributed by atoms with van der Waals surface area (Å²) in [5, 5.41) is 0. The summed E-state index contributed by atoms with van der Waals surface area (Å²) in [6.07, 6.45) is 7.30. The van der Waals surface area contributed by atoms with Gasteiger partial charge in [-0.1, -0.05) is 18.2 Å². The van der Waals surface area contributed by atoms with Gasteiger partial charge in [0.05, 0.1) is 13.4 Å². The molecule has 1 aromatic carbocycles. The Labute approximate surface area is 134 Å². The number of thioether (sulfide) groups is 2. The van der Waals surface area contributed by atoms with Gasteiger partial charge in [-0.3, -0.25) is 0 Å². The van der Waals surface area contributed by atoms with Gasteiger partial charge in [-0.25, -0.2) is 0 Å². The second-order valence-corrected chi connectivity index (χ2v) is 7.74. The molecule has 0 saturated carbocycles. The minimum absolute atomic E-state index is 0.0560. The maximum absolute atomic E-state index is 5.42. The number of rotatable bonds is 4. The van der Waals surface area contributed by atoms with E-state index in [9.17, 15) is 0 Å². The van der Waals surface area contributed by atoms with E-state index in [1.807, 2.05) is 41.7 Å². The molecule has 0 amide bonds. The van der Waals surface area contributed by atoms with Crippen LogP contribution in [0.3, 0.4) is 0 Å². The van der Waals surface area contributed by atoms with Gasteiger partial charge in [0.2, 0.25) is 0 Å². The van der Waals surface area contributed by atoms with E-state index in [4.69, 9.17) is 9.15 Å². The van der Waals surface area contributed by atoms with Crippen LogP contribution in [0, 0.1) is 0 Å². The summed E-state index contributed by atoms with van der Waals surface area (Å²) in [6, 6.07) is 12.3. The fraction of sp³-hybridized carbons (Fsp3) is 0.294. The highest BCUT2D eigenvalue weighted by Gasteiger charge is 2.33. The summed E-state index contributed by atoms with van der Waals surface area (Å²) >= 11 is 3.97. The molecule has 2 aromatic rings. The molecule has 0 aliphatic carbocycles. The van der Waals surface area contributed by atoms with E-state index in [0.29, 0.717) is 0 Å². The van der Waals surface area contributed by atoms with Crippen molar-refractivity contribution in [2.45, 2.75) is 10.5 Å². The molecule has 2 heterocycles. The van der Waals surface area contributed by atoms with Crippen LogP contribution in [0.15, 0.2) is 53.2 Å². The zero-order valence-corrected chi connectivity index (χ0v) is 13.6. The average molecular weight is 318 g/mol. The smallest absolute Gasteiger partial charge is 0.126 e. The van der Waals surface area contributed by atoms with Crippen LogP contribution in [-0.4, -0.2) is 18.6 Å². The van der Waals surface area contributed by atoms with Crippen LogP contribution in [0.25, 0.3) is 6.08 Å². The lowest BCUT2D eigenvalue weighted by Crippen LogP contribution is -2.20. The standard InChI is InChI=1S/C17H18O2S2/c1-18-16-6-2-5-14(13-16)17(20-11-4-12-21-17)9-8-15-7-3-10-19-15/h2-3,5-10,13H,4,11-12H2,1H3/b9-8+. The SMILES string of the molecule is COc1cccc(C2(/C=C/c3ccco3)SCCCS2)c1. The first kappa shape index (κ1) is 14.7. The average Bonchev–Trinajstić information content (AvgIpc) is 3.07. The first-order valence-corrected chi connectivity index (χ1v) is 8.95. The predicted octanol–water partition coefficient (Wildman–Crippen LogP) is 5.02. The minimum Gasteiger partial charge on any atom is -0.497 e. The Bertz CT molecular complexity index is 599. The molecule has 21 heavy (non-hydrogen) atoms. The molecule has 0 atom stereocenters. The summed E-state index contributed by atoms with van der Waals surface area (Å²) in [6.45, 7) is 0. The molecule has 110 valence electrons. The Hall–Kier alpha value is -1.26. The van der Waals surface area contributed by atoms with Crippen LogP contribution in [0.1, 0.15) is 17.7 Å². The molecule has 0 spiro atoms. The van der Waals surface area contributed by atoms with E-state index in [1.54, 1.807) is 13.4 Å². The van der Waals surface area contributed by atoms with Crippen LogP contribution >= 0.6 is 23.5 Å². The van der Waals surface area contributed by atoms with Crippen LogP contribution in [0.4, 0.5) is 0 Å². The third kappa shape index (κ3) is 3.33. The minimum atomic E-state index is -0.0560. The maximum atomic E-state index is 5.42. The fourth-order valence-electron chi connectivity index (χ4n) is 2.33. The van der Waals surface area contributed by atoms with Crippen molar-refractivity contribution in [3.63, 3.8) is 0 Å². The molecule has 0 bridgehead atoms. The first-order valence-electron chi connectivity index (χ1n) is 6.98. The van der Waals surface area contributed by atoms with Gasteiger partial charge in [0, 0.05) is 0 Å². The van der Waals surface area contributed by atoms with Gasteiger partial charge in [-0.05, 0) is 53.8 Å². The van der Waals surface area contributed by atoms with E-state index in [-0.39, 0.29) is 4.08 Å². The van der Waals surface area contributed by atoms with Gasteiger partial charge in [0.15, 0.2) is 0 Å².